The van der Waals surface area contributed by atoms with E-state index in [4.69, 9.17) is 9.26 Å². The van der Waals surface area contributed by atoms with Crippen molar-refractivity contribution in [2.24, 2.45) is 0 Å². The molecule has 0 aliphatic rings. The van der Waals surface area contributed by atoms with E-state index in [0.717, 1.165) is 26.0 Å². The summed E-state index contributed by atoms with van der Waals surface area (Å²) in [6.45, 7) is 7.52. The topological polar surface area (TPSA) is 60.2 Å². The molecule has 0 bridgehead atoms. The maximum atomic E-state index is 5.42. The van der Waals surface area contributed by atoms with Crippen LogP contribution in [0.15, 0.2) is 4.52 Å². The third-order valence-corrected chi connectivity index (χ3v) is 1.83. The lowest BCUT2D eigenvalue weighted by Gasteiger charge is -2.06. The Balaban J connectivity index is 1.98. The van der Waals surface area contributed by atoms with E-state index >= 15 is 0 Å². The molecule has 0 amide bonds. The van der Waals surface area contributed by atoms with E-state index in [1.54, 1.807) is 6.92 Å². The second-order valence-corrected chi connectivity index (χ2v) is 3.70. The smallest absolute Gasteiger partial charge is 0.321 e. The monoisotopic (exact) mass is 213 g/mol. The van der Waals surface area contributed by atoms with Crippen molar-refractivity contribution in [3.05, 3.63) is 5.82 Å². The molecule has 0 fully saturated rings. The van der Waals surface area contributed by atoms with Gasteiger partial charge in [-0.25, -0.2) is 0 Å². The summed E-state index contributed by atoms with van der Waals surface area (Å²) in [4.78, 5) is 4.04. The molecule has 0 aliphatic heterocycles. The van der Waals surface area contributed by atoms with Gasteiger partial charge in [0.2, 0.25) is 0 Å². The first kappa shape index (κ1) is 12.0. The number of hydrogen-bond acceptors (Lipinski definition) is 5. The zero-order chi connectivity index (χ0) is 11.1. The van der Waals surface area contributed by atoms with Gasteiger partial charge in [-0.3, -0.25) is 0 Å². The zero-order valence-corrected chi connectivity index (χ0v) is 9.62. The van der Waals surface area contributed by atoms with E-state index in [2.05, 4.69) is 15.5 Å². The van der Waals surface area contributed by atoms with Gasteiger partial charge in [0.15, 0.2) is 5.82 Å². The third-order valence-electron chi connectivity index (χ3n) is 1.83. The minimum absolute atomic E-state index is 0.316. The molecule has 0 aromatic carbocycles. The van der Waals surface area contributed by atoms with Crippen LogP contribution in [0.3, 0.4) is 0 Å². The Morgan fingerprint density at radius 2 is 2.20 bits per heavy atom. The van der Waals surface area contributed by atoms with E-state index in [9.17, 15) is 0 Å². The van der Waals surface area contributed by atoms with Crippen molar-refractivity contribution >= 4 is 6.01 Å². The van der Waals surface area contributed by atoms with E-state index in [0.29, 0.717) is 17.9 Å². The molecular weight excluding hydrogens is 194 g/mol. The van der Waals surface area contributed by atoms with Crippen molar-refractivity contribution in [3.63, 3.8) is 0 Å². The molecule has 15 heavy (non-hydrogen) atoms. The van der Waals surface area contributed by atoms with Gasteiger partial charge in [0, 0.05) is 13.2 Å². The van der Waals surface area contributed by atoms with Crippen molar-refractivity contribution < 1.29 is 9.26 Å². The highest BCUT2D eigenvalue weighted by Gasteiger charge is 2.00. The van der Waals surface area contributed by atoms with Crippen molar-refractivity contribution in [2.75, 3.05) is 18.5 Å². The number of hydrogen-bond donors (Lipinski definition) is 1. The molecule has 1 rings (SSSR count). The van der Waals surface area contributed by atoms with Crippen LogP contribution in [0.4, 0.5) is 6.01 Å². The minimum atomic E-state index is 0.316. The Bertz CT molecular complexity index is 273. The largest absolute Gasteiger partial charge is 0.379 e. The molecule has 0 radical (unpaired) electrons. The van der Waals surface area contributed by atoms with E-state index < -0.39 is 0 Å². The number of anilines is 1. The van der Waals surface area contributed by atoms with Gasteiger partial charge in [-0.15, -0.1) is 0 Å². The molecule has 1 N–H and O–H groups in total. The SMILES string of the molecule is Cc1noc(NCCCCOC(C)C)n1. The van der Waals surface area contributed by atoms with Crippen LogP contribution in [0.5, 0.6) is 0 Å². The average molecular weight is 213 g/mol. The molecule has 5 nitrogen and oxygen atoms in total. The minimum Gasteiger partial charge on any atom is -0.379 e. The summed E-state index contributed by atoms with van der Waals surface area (Å²) >= 11 is 0. The van der Waals surface area contributed by atoms with Crippen LogP contribution >= 0.6 is 0 Å². The Morgan fingerprint density at radius 3 is 2.80 bits per heavy atom. The highest BCUT2D eigenvalue weighted by molar-refractivity contribution is 5.17. The second-order valence-electron chi connectivity index (χ2n) is 3.70. The molecule has 0 atom stereocenters. The fourth-order valence-corrected chi connectivity index (χ4v) is 1.11. The van der Waals surface area contributed by atoms with Crippen molar-refractivity contribution in [3.8, 4) is 0 Å². The van der Waals surface area contributed by atoms with Crippen LogP contribution in [0.1, 0.15) is 32.5 Å². The summed E-state index contributed by atoms with van der Waals surface area (Å²) in [5, 5.41) is 6.74. The van der Waals surface area contributed by atoms with Crippen molar-refractivity contribution in [1.29, 1.82) is 0 Å². The fraction of sp³-hybridized carbons (Fsp3) is 0.800. The average Bonchev–Trinajstić information content (AvgIpc) is 2.57. The number of unbranched alkanes of at least 4 members (excludes halogenated alkanes) is 1. The maximum Gasteiger partial charge on any atom is 0.321 e. The van der Waals surface area contributed by atoms with Crippen molar-refractivity contribution in [2.45, 2.75) is 39.7 Å². The molecule has 0 saturated heterocycles. The normalized spacial score (nSPS) is 10.9. The summed E-state index contributed by atoms with van der Waals surface area (Å²) in [6, 6.07) is 0.497. The highest BCUT2D eigenvalue weighted by Crippen LogP contribution is 2.02. The first-order chi connectivity index (χ1) is 7.18. The summed E-state index contributed by atoms with van der Waals surface area (Å²) in [5.74, 6) is 0.653. The van der Waals surface area contributed by atoms with Gasteiger partial charge in [-0.1, -0.05) is 5.16 Å². The molecule has 1 aromatic rings. The van der Waals surface area contributed by atoms with Crippen LogP contribution in [-0.4, -0.2) is 29.4 Å². The summed E-state index contributed by atoms with van der Waals surface area (Å²) in [6.07, 6.45) is 2.39. The summed E-state index contributed by atoms with van der Waals surface area (Å²) < 4.78 is 10.3. The molecule has 0 saturated carbocycles. The van der Waals surface area contributed by atoms with Crippen LogP contribution in [0.2, 0.25) is 0 Å². The Hall–Kier alpha value is -1.10. The summed E-state index contributed by atoms with van der Waals surface area (Å²) in [5.41, 5.74) is 0. The Kier molecular flexibility index (Phi) is 5.10. The molecular formula is C10H19N3O2. The lowest BCUT2D eigenvalue weighted by atomic mass is 10.3. The number of aryl methyl sites for hydroxylation is 1. The Morgan fingerprint density at radius 1 is 1.40 bits per heavy atom. The molecule has 0 aliphatic carbocycles. The summed E-state index contributed by atoms with van der Waals surface area (Å²) in [7, 11) is 0. The molecule has 86 valence electrons. The second kappa shape index (κ2) is 6.40. The molecule has 5 heteroatoms. The van der Waals surface area contributed by atoms with Gasteiger partial charge in [0.1, 0.15) is 0 Å². The van der Waals surface area contributed by atoms with Gasteiger partial charge < -0.3 is 14.6 Å². The molecule has 0 spiro atoms. The van der Waals surface area contributed by atoms with Crippen LogP contribution in [0.25, 0.3) is 0 Å². The van der Waals surface area contributed by atoms with Crippen LogP contribution < -0.4 is 5.32 Å². The van der Waals surface area contributed by atoms with E-state index in [-0.39, 0.29) is 0 Å². The number of aromatic nitrogens is 2. The van der Waals surface area contributed by atoms with Crippen LogP contribution in [-0.2, 0) is 4.74 Å². The third kappa shape index (κ3) is 5.37. The number of nitrogens with one attached hydrogen (secondary N) is 1. The van der Waals surface area contributed by atoms with Gasteiger partial charge in [0.05, 0.1) is 6.10 Å². The predicted molar refractivity (Wildman–Crippen MR) is 57.8 cm³/mol. The quantitative estimate of drug-likeness (QED) is 0.702. The maximum absolute atomic E-state index is 5.42. The highest BCUT2D eigenvalue weighted by atomic mass is 16.5. The lowest BCUT2D eigenvalue weighted by molar-refractivity contribution is 0.0765. The molecule has 1 aromatic heterocycles. The van der Waals surface area contributed by atoms with Gasteiger partial charge >= 0.3 is 6.01 Å². The van der Waals surface area contributed by atoms with Gasteiger partial charge in [-0.2, -0.15) is 4.98 Å². The van der Waals surface area contributed by atoms with E-state index in [1.165, 1.54) is 0 Å². The zero-order valence-electron chi connectivity index (χ0n) is 9.62. The van der Waals surface area contributed by atoms with Crippen LogP contribution in [0, 0.1) is 6.92 Å². The lowest BCUT2D eigenvalue weighted by Crippen LogP contribution is -2.07. The predicted octanol–water partition coefficient (Wildman–Crippen LogP) is 2.00. The fourth-order valence-electron chi connectivity index (χ4n) is 1.11. The molecule has 1 heterocycles. The standard InChI is InChI=1S/C10H19N3O2/c1-8(2)14-7-5-4-6-11-10-12-9(3)13-15-10/h8H,4-7H2,1-3H3,(H,11,12,13). The Labute approximate surface area is 90.2 Å². The first-order valence-electron chi connectivity index (χ1n) is 5.34. The number of ether oxygens (including phenoxy) is 1. The first-order valence-corrected chi connectivity index (χ1v) is 5.34. The number of rotatable bonds is 7. The van der Waals surface area contributed by atoms with Gasteiger partial charge in [-0.05, 0) is 33.6 Å². The van der Waals surface area contributed by atoms with Gasteiger partial charge in [0.25, 0.3) is 0 Å². The number of nitrogens with zero attached hydrogens (tertiary/aromatic N) is 2. The van der Waals surface area contributed by atoms with Crippen molar-refractivity contribution in [1.82, 2.24) is 10.1 Å². The molecule has 0 unspecified atom stereocenters. The van der Waals surface area contributed by atoms with E-state index in [1.807, 2.05) is 13.8 Å².